The summed E-state index contributed by atoms with van der Waals surface area (Å²) in [7, 11) is 2.43. The first-order chi connectivity index (χ1) is 22.6. The summed E-state index contributed by atoms with van der Waals surface area (Å²) in [4.78, 5) is 44.2. The Balaban J connectivity index is 1.54. The van der Waals surface area contributed by atoms with Gasteiger partial charge in [-0.3, -0.25) is 9.69 Å². The zero-order chi connectivity index (χ0) is 36.6. The molecule has 2 fully saturated rings. The molecule has 0 spiro atoms. The van der Waals surface area contributed by atoms with E-state index >= 15 is 0 Å². The monoisotopic (exact) mass is 702 g/mol. The maximum Gasteiger partial charge on any atom is 0.416 e. The van der Waals surface area contributed by atoms with E-state index in [2.05, 4.69) is 0 Å². The molecule has 2 aliphatic rings. The fraction of sp³-hybridized carbons (Fsp3) is 0.559. The van der Waals surface area contributed by atoms with Crippen LogP contribution in [0.5, 0.6) is 0 Å². The summed E-state index contributed by atoms with van der Waals surface area (Å²) < 4.78 is 95.0. The number of likely N-dealkylation sites (N-methyl/N-ethyl adjacent to an activating group) is 1. The number of hydrogen-bond donors (Lipinski definition) is 1. The summed E-state index contributed by atoms with van der Waals surface area (Å²) in [5.74, 6) is -1.49. The van der Waals surface area contributed by atoms with Gasteiger partial charge in [0.2, 0.25) is 5.91 Å². The molecule has 49 heavy (non-hydrogen) atoms. The molecule has 4 amide bonds. The third-order valence-electron chi connectivity index (χ3n) is 9.62. The van der Waals surface area contributed by atoms with Crippen LogP contribution in [-0.2, 0) is 17.1 Å². The highest BCUT2D eigenvalue weighted by molar-refractivity contribution is 5.92. The van der Waals surface area contributed by atoms with Crippen molar-refractivity contribution in [1.82, 2.24) is 14.7 Å². The molecule has 1 saturated carbocycles. The largest absolute Gasteiger partial charge is 0.465 e. The third kappa shape index (κ3) is 8.77. The van der Waals surface area contributed by atoms with Crippen LogP contribution in [0.3, 0.4) is 0 Å². The number of anilines is 1. The van der Waals surface area contributed by atoms with Gasteiger partial charge in [0.1, 0.15) is 5.82 Å². The second-order valence-corrected chi connectivity index (χ2v) is 14.0. The van der Waals surface area contributed by atoms with E-state index in [0.717, 1.165) is 7.05 Å². The Morgan fingerprint density at radius 1 is 0.837 bits per heavy atom. The molecule has 1 N–H and O–H groups in total. The molecule has 2 atom stereocenters. The fourth-order valence-corrected chi connectivity index (χ4v) is 6.76. The Labute approximate surface area is 280 Å². The summed E-state index contributed by atoms with van der Waals surface area (Å²) in [6.07, 6.45) is -8.90. The topological polar surface area (TPSA) is 84.4 Å². The van der Waals surface area contributed by atoms with Crippen LogP contribution in [0.1, 0.15) is 69.1 Å². The molecule has 0 radical (unpaired) electrons. The average Bonchev–Trinajstić information content (AvgIpc) is 3.46. The minimum absolute atomic E-state index is 0.0171. The van der Waals surface area contributed by atoms with Gasteiger partial charge in [-0.1, -0.05) is 12.1 Å². The van der Waals surface area contributed by atoms with Crippen LogP contribution in [-0.4, -0.2) is 83.1 Å². The highest BCUT2D eigenvalue weighted by Crippen LogP contribution is 2.40. The van der Waals surface area contributed by atoms with Crippen molar-refractivity contribution < 1.29 is 50.2 Å². The highest BCUT2D eigenvalue weighted by Gasteiger charge is 2.44. The lowest BCUT2D eigenvalue weighted by molar-refractivity contribution is -0.143. The number of likely N-dealkylation sites (tertiary alicyclic amines) is 1. The molecule has 0 aromatic heterocycles. The normalized spacial score (nSPS) is 21.8. The summed E-state index contributed by atoms with van der Waals surface area (Å²) >= 11 is 0. The predicted molar refractivity (Wildman–Crippen MR) is 167 cm³/mol. The maximum atomic E-state index is 13.8. The van der Waals surface area contributed by atoms with Gasteiger partial charge in [-0.2, -0.15) is 26.3 Å². The number of benzene rings is 2. The summed E-state index contributed by atoms with van der Waals surface area (Å²) in [5.41, 5.74) is -3.73. The molecule has 0 unspecified atom stereocenters. The van der Waals surface area contributed by atoms with Crippen molar-refractivity contribution in [3.05, 3.63) is 65.0 Å². The van der Waals surface area contributed by atoms with Gasteiger partial charge in [0, 0.05) is 56.8 Å². The molecular weight excluding hydrogens is 661 g/mol. The Bertz CT molecular complexity index is 1480. The van der Waals surface area contributed by atoms with E-state index in [0.29, 0.717) is 54.8 Å². The molecule has 270 valence electrons. The molecule has 1 heterocycles. The first-order valence-corrected chi connectivity index (χ1v) is 15.9. The first kappa shape index (κ1) is 37.8. The number of alkyl halides is 6. The van der Waals surface area contributed by atoms with E-state index in [1.54, 1.807) is 4.90 Å². The zero-order valence-corrected chi connectivity index (χ0v) is 27.9. The number of halogens is 7. The first-order valence-electron chi connectivity index (χ1n) is 15.9. The van der Waals surface area contributed by atoms with Crippen LogP contribution < -0.4 is 4.90 Å². The molecule has 8 nitrogen and oxygen atoms in total. The molecule has 4 rings (SSSR count). The van der Waals surface area contributed by atoms with E-state index < -0.39 is 64.6 Å². The SMILES string of the molecule is CN(C(=O)N(C)[C@@H]1CN(C(=O)C2CCC(CN(C(=O)O)C(C)(C)C)CC2)C[C@H]1c1ccc(F)cc1)c1cc(C(F)(F)F)cc(C(F)(F)F)c1. The van der Waals surface area contributed by atoms with Gasteiger partial charge >= 0.3 is 24.5 Å². The number of amides is 4. The Kier molecular flexibility index (Phi) is 10.8. The van der Waals surface area contributed by atoms with Crippen LogP contribution >= 0.6 is 0 Å². The lowest BCUT2D eigenvalue weighted by atomic mass is 9.80. The minimum atomic E-state index is -5.10. The number of carboxylic acid groups (broad SMARTS) is 1. The van der Waals surface area contributed by atoms with Gasteiger partial charge < -0.3 is 19.8 Å². The molecule has 1 aliphatic heterocycles. The minimum Gasteiger partial charge on any atom is -0.465 e. The number of hydrogen-bond acceptors (Lipinski definition) is 3. The van der Waals surface area contributed by atoms with Crippen molar-refractivity contribution in [3.63, 3.8) is 0 Å². The van der Waals surface area contributed by atoms with Crippen LogP contribution in [0.4, 0.5) is 46.0 Å². The van der Waals surface area contributed by atoms with Gasteiger partial charge in [0.25, 0.3) is 0 Å². The third-order valence-corrected chi connectivity index (χ3v) is 9.62. The fourth-order valence-electron chi connectivity index (χ4n) is 6.76. The Morgan fingerprint density at radius 2 is 1.37 bits per heavy atom. The van der Waals surface area contributed by atoms with E-state index in [4.69, 9.17) is 0 Å². The van der Waals surface area contributed by atoms with Gasteiger partial charge in [-0.25, -0.2) is 14.0 Å². The van der Waals surface area contributed by atoms with Gasteiger partial charge in [-0.15, -0.1) is 0 Å². The lowest BCUT2D eigenvalue weighted by Gasteiger charge is -2.38. The predicted octanol–water partition coefficient (Wildman–Crippen LogP) is 7.93. The summed E-state index contributed by atoms with van der Waals surface area (Å²) in [5, 5.41) is 9.68. The number of urea groups is 1. The Morgan fingerprint density at radius 3 is 1.84 bits per heavy atom. The van der Waals surface area contributed by atoms with Gasteiger partial charge in [0.05, 0.1) is 17.2 Å². The van der Waals surface area contributed by atoms with Crippen molar-refractivity contribution in [2.75, 3.05) is 38.6 Å². The van der Waals surface area contributed by atoms with Crippen LogP contribution in [0.2, 0.25) is 0 Å². The van der Waals surface area contributed by atoms with E-state index in [-0.39, 0.29) is 36.9 Å². The van der Waals surface area contributed by atoms with E-state index in [1.807, 2.05) is 20.8 Å². The zero-order valence-electron chi connectivity index (χ0n) is 27.9. The smallest absolute Gasteiger partial charge is 0.416 e. The van der Waals surface area contributed by atoms with Crippen molar-refractivity contribution in [3.8, 4) is 0 Å². The van der Waals surface area contributed by atoms with Crippen molar-refractivity contribution >= 4 is 23.7 Å². The second kappa shape index (κ2) is 14.1. The molecule has 1 aliphatic carbocycles. The maximum absolute atomic E-state index is 13.8. The standard InChI is InChI=1S/C34H41F7N4O4/c1-32(2,3)45(31(48)49)17-20-6-8-22(9-7-20)29(46)44-18-27(21-10-12-25(35)13-11-21)28(19-44)43(5)30(47)42(4)26-15-23(33(36,37)38)14-24(16-26)34(39,40)41/h10-16,20,22,27-28H,6-9,17-19H2,1-5H3,(H,48,49)/t20?,22?,27-,28+/m0/s1. The molecule has 2 aromatic rings. The highest BCUT2D eigenvalue weighted by atomic mass is 19.4. The summed E-state index contributed by atoms with van der Waals surface area (Å²) in [6, 6.07) is 4.76. The summed E-state index contributed by atoms with van der Waals surface area (Å²) in [6.45, 7) is 5.97. The van der Waals surface area contributed by atoms with Crippen molar-refractivity contribution in [1.29, 1.82) is 0 Å². The number of carbonyl (C=O) groups is 3. The van der Waals surface area contributed by atoms with Gasteiger partial charge in [0.15, 0.2) is 0 Å². The molecule has 1 saturated heterocycles. The van der Waals surface area contributed by atoms with Crippen LogP contribution in [0.15, 0.2) is 42.5 Å². The lowest BCUT2D eigenvalue weighted by Crippen LogP contribution is -2.48. The molecule has 2 aromatic carbocycles. The molecule has 0 bridgehead atoms. The Hall–Kier alpha value is -4.04. The van der Waals surface area contributed by atoms with Crippen LogP contribution in [0, 0.1) is 17.7 Å². The van der Waals surface area contributed by atoms with Crippen molar-refractivity contribution in [2.24, 2.45) is 11.8 Å². The van der Waals surface area contributed by atoms with Crippen LogP contribution in [0.25, 0.3) is 0 Å². The molecular formula is C34H41F7N4O4. The average molecular weight is 703 g/mol. The van der Waals surface area contributed by atoms with E-state index in [1.165, 1.54) is 41.1 Å². The number of carbonyl (C=O) groups excluding carboxylic acids is 2. The van der Waals surface area contributed by atoms with E-state index in [9.17, 15) is 50.2 Å². The second-order valence-electron chi connectivity index (χ2n) is 14.0. The number of rotatable bonds is 6. The molecule has 15 heteroatoms. The number of nitrogens with zero attached hydrogens (tertiary/aromatic N) is 4. The van der Waals surface area contributed by atoms with Crippen molar-refractivity contribution in [2.45, 2.75) is 76.3 Å². The van der Waals surface area contributed by atoms with Gasteiger partial charge in [-0.05, 0) is 88.3 Å². The quantitative estimate of drug-likeness (QED) is 0.310.